The van der Waals surface area contributed by atoms with E-state index in [1.165, 1.54) is 5.56 Å². The standard InChI is InChI=1S/C18H27N7/c1-3-19-18(21-8-9-25-15-16(2)14-22-25)24-12-10-23(11-13-24)17-6-4-5-7-20-17/h4-7,14-15H,3,8-13H2,1-2H3,(H,19,21). The van der Waals surface area contributed by atoms with Crippen molar-refractivity contribution in [2.75, 3.05) is 44.2 Å². The number of rotatable bonds is 5. The Hall–Kier alpha value is -2.57. The van der Waals surface area contributed by atoms with Crippen molar-refractivity contribution in [2.45, 2.75) is 20.4 Å². The molecule has 0 radical (unpaired) electrons. The molecule has 1 aliphatic heterocycles. The summed E-state index contributed by atoms with van der Waals surface area (Å²) in [6.45, 7) is 10.4. The second-order valence-corrected chi connectivity index (χ2v) is 6.18. The zero-order chi connectivity index (χ0) is 17.5. The first kappa shape index (κ1) is 17.3. The van der Waals surface area contributed by atoms with Crippen LogP contribution in [0.15, 0.2) is 41.8 Å². The minimum atomic E-state index is 0.726. The summed E-state index contributed by atoms with van der Waals surface area (Å²) < 4.78 is 1.95. The van der Waals surface area contributed by atoms with Gasteiger partial charge in [0.15, 0.2) is 5.96 Å². The fourth-order valence-corrected chi connectivity index (χ4v) is 2.96. The van der Waals surface area contributed by atoms with E-state index in [0.29, 0.717) is 0 Å². The molecule has 0 atom stereocenters. The fourth-order valence-electron chi connectivity index (χ4n) is 2.96. The van der Waals surface area contributed by atoms with Crippen LogP contribution in [0.1, 0.15) is 12.5 Å². The van der Waals surface area contributed by atoms with Crippen molar-refractivity contribution in [3.05, 3.63) is 42.4 Å². The average Bonchev–Trinajstić information content (AvgIpc) is 3.07. The van der Waals surface area contributed by atoms with Gasteiger partial charge in [-0.25, -0.2) is 4.98 Å². The van der Waals surface area contributed by atoms with Gasteiger partial charge >= 0.3 is 0 Å². The van der Waals surface area contributed by atoms with Gasteiger partial charge in [-0.3, -0.25) is 9.67 Å². The molecular weight excluding hydrogens is 314 g/mol. The molecule has 3 heterocycles. The van der Waals surface area contributed by atoms with Crippen molar-refractivity contribution in [2.24, 2.45) is 4.99 Å². The summed E-state index contributed by atoms with van der Waals surface area (Å²) in [5.41, 5.74) is 1.18. The van der Waals surface area contributed by atoms with E-state index in [9.17, 15) is 0 Å². The molecular formula is C18H27N7. The van der Waals surface area contributed by atoms with Gasteiger partial charge in [0.05, 0.1) is 19.3 Å². The van der Waals surface area contributed by atoms with E-state index in [1.54, 1.807) is 0 Å². The highest BCUT2D eigenvalue weighted by molar-refractivity contribution is 5.80. The van der Waals surface area contributed by atoms with Crippen molar-refractivity contribution in [1.29, 1.82) is 0 Å². The third kappa shape index (κ3) is 4.71. The summed E-state index contributed by atoms with van der Waals surface area (Å²) in [6.07, 6.45) is 5.78. The Morgan fingerprint density at radius 1 is 1.24 bits per heavy atom. The molecule has 1 N–H and O–H groups in total. The van der Waals surface area contributed by atoms with Crippen molar-refractivity contribution in [1.82, 2.24) is 25.0 Å². The van der Waals surface area contributed by atoms with Gasteiger partial charge in [-0.2, -0.15) is 5.10 Å². The average molecular weight is 341 g/mol. The Morgan fingerprint density at radius 3 is 2.72 bits per heavy atom. The SMILES string of the molecule is CCNC(=NCCn1cc(C)cn1)N1CCN(c2ccccn2)CC1. The molecule has 1 fully saturated rings. The number of guanidine groups is 1. The van der Waals surface area contributed by atoms with E-state index < -0.39 is 0 Å². The van der Waals surface area contributed by atoms with Crippen LogP contribution in [0.5, 0.6) is 0 Å². The maximum Gasteiger partial charge on any atom is 0.194 e. The number of anilines is 1. The highest BCUT2D eigenvalue weighted by Crippen LogP contribution is 2.12. The van der Waals surface area contributed by atoms with Gasteiger partial charge in [0.25, 0.3) is 0 Å². The van der Waals surface area contributed by atoms with Crippen molar-refractivity contribution in [3.8, 4) is 0 Å². The van der Waals surface area contributed by atoms with Gasteiger partial charge in [0, 0.05) is 45.1 Å². The molecule has 0 unspecified atom stereocenters. The third-order valence-corrected chi connectivity index (χ3v) is 4.24. The summed E-state index contributed by atoms with van der Waals surface area (Å²) >= 11 is 0. The molecule has 1 saturated heterocycles. The lowest BCUT2D eigenvalue weighted by molar-refractivity contribution is 0.371. The zero-order valence-corrected chi connectivity index (χ0v) is 15.1. The fraction of sp³-hybridized carbons (Fsp3) is 0.500. The van der Waals surface area contributed by atoms with Gasteiger partial charge in [-0.1, -0.05) is 6.07 Å². The molecule has 2 aromatic rings. The van der Waals surface area contributed by atoms with Crippen LogP contribution < -0.4 is 10.2 Å². The maximum absolute atomic E-state index is 4.78. The summed E-state index contributed by atoms with van der Waals surface area (Å²) in [5, 5.41) is 7.72. The van der Waals surface area contributed by atoms with Crippen molar-refractivity contribution >= 4 is 11.8 Å². The molecule has 2 aromatic heterocycles. The Kier molecular flexibility index (Phi) is 5.87. The number of hydrogen-bond acceptors (Lipinski definition) is 4. The normalized spacial score (nSPS) is 15.5. The molecule has 1 aliphatic rings. The van der Waals surface area contributed by atoms with Crippen LogP contribution in [0.3, 0.4) is 0 Å². The molecule has 0 spiro atoms. The van der Waals surface area contributed by atoms with E-state index >= 15 is 0 Å². The first-order valence-corrected chi connectivity index (χ1v) is 8.94. The van der Waals surface area contributed by atoms with Gasteiger partial charge in [0.2, 0.25) is 0 Å². The second-order valence-electron chi connectivity index (χ2n) is 6.18. The first-order valence-electron chi connectivity index (χ1n) is 8.94. The highest BCUT2D eigenvalue weighted by Gasteiger charge is 2.20. The van der Waals surface area contributed by atoms with Crippen molar-refractivity contribution in [3.63, 3.8) is 0 Å². The number of aryl methyl sites for hydroxylation is 1. The predicted octanol–water partition coefficient (Wildman–Crippen LogP) is 1.37. The van der Waals surface area contributed by atoms with Crippen LogP contribution in [0.25, 0.3) is 0 Å². The number of aromatic nitrogens is 3. The van der Waals surface area contributed by atoms with E-state index in [0.717, 1.165) is 57.6 Å². The lowest BCUT2D eigenvalue weighted by Gasteiger charge is -2.37. The summed E-state index contributed by atoms with van der Waals surface area (Å²) in [5.74, 6) is 2.05. The quantitative estimate of drug-likeness (QED) is 0.657. The molecule has 0 bridgehead atoms. The molecule has 0 aromatic carbocycles. The largest absolute Gasteiger partial charge is 0.357 e. The highest BCUT2D eigenvalue weighted by atomic mass is 15.4. The smallest absolute Gasteiger partial charge is 0.194 e. The molecule has 0 amide bonds. The maximum atomic E-state index is 4.78. The summed E-state index contributed by atoms with van der Waals surface area (Å²) in [4.78, 5) is 13.9. The monoisotopic (exact) mass is 341 g/mol. The molecule has 0 aliphatic carbocycles. The van der Waals surface area contributed by atoms with Crippen LogP contribution >= 0.6 is 0 Å². The van der Waals surface area contributed by atoms with Gasteiger partial charge in [0.1, 0.15) is 5.82 Å². The molecule has 3 rings (SSSR count). The van der Waals surface area contributed by atoms with Crippen LogP contribution in [0.2, 0.25) is 0 Å². The molecule has 25 heavy (non-hydrogen) atoms. The number of nitrogens with one attached hydrogen (secondary N) is 1. The van der Waals surface area contributed by atoms with Gasteiger partial charge in [-0.05, 0) is 31.5 Å². The van der Waals surface area contributed by atoms with E-state index in [4.69, 9.17) is 4.99 Å². The van der Waals surface area contributed by atoms with E-state index in [1.807, 2.05) is 35.4 Å². The lowest BCUT2D eigenvalue weighted by atomic mass is 10.3. The minimum Gasteiger partial charge on any atom is -0.357 e. The molecule has 0 saturated carbocycles. The van der Waals surface area contributed by atoms with Gasteiger partial charge < -0.3 is 15.1 Å². The predicted molar refractivity (Wildman–Crippen MR) is 101 cm³/mol. The zero-order valence-electron chi connectivity index (χ0n) is 15.1. The van der Waals surface area contributed by atoms with Crippen LogP contribution in [-0.4, -0.2) is 64.9 Å². The van der Waals surface area contributed by atoms with Crippen LogP contribution in [0, 0.1) is 6.92 Å². The summed E-state index contributed by atoms with van der Waals surface area (Å²) in [7, 11) is 0. The summed E-state index contributed by atoms with van der Waals surface area (Å²) in [6, 6.07) is 6.06. The number of nitrogens with zero attached hydrogens (tertiary/aromatic N) is 6. The second kappa shape index (κ2) is 8.50. The third-order valence-electron chi connectivity index (χ3n) is 4.24. The van der Waals surface area contributed by atoms with Gasteiger partial charge in [-0.15, -0.1) is 0 Å². The Morgan fingerprint density at radius 2 is 2.08 bits per heavy atom. The molecule has 134 valence electrons. The van der Waals surface area contributed by atoms with Crippen LogP contribution in [0.4, 0.5) is 5.82 Å². The molecule has 7 heteroatoms. The topological polar surface area (TPSA) is 61.6 Å². The molecule has 7 nitrogen and oxygen atoms in total. The van der Waals surface area contributed by atoms with E-state index in [-0.39, 0.29) is 0 Å². The van der Waals surface area contributed by atoms with Crippen LogP contribution in [-0.2, 0) is 6.54 Å². The Bertz CT molecular complexity index is 672. The van der Waals surface area contributed by atoms with E-state index in [2.05, 4.69) is 45.1 Å². The number of pyridine rings is 1. The number of aliphatic imine (C=N–C) groups is 1. The number of piperazine rings is 1. The minimum absolute atomic E-state index is 0.726. The lowest BCUT2D eigenvalue weighted by Crippen LogP contribution is -2.52. The first-order chi connectivity index (χ1) is 12.3. The Labute approximate surface area is 149 Å². The Balaban J connectivity index is 1.55. The van der Waals surface area contributed by atoms with Crippen molar-refractivity contribution < 1.29 is 0 Å². The number of hydrogen-bond donors (Lipinski definition) is 1.